The van der Waals surface area contributed by atoms with Gasteiger partial charge in [0.2, 0.25) is 0 Å². The van der Waals surface area contributed by atoms with Gasteiger partial charge < -0.3 is 10.4 Å². The van der Waals surface area contributed by atoms with E-state index in [-0.39, 0.29) is 12.3 Å². The van der Waals surface area contributed by atoms with Crippen LogP contribution in [0.25, 0.3) is 0 Å². The van der Waals surface area contributed by atoms with Crippen LogP contribution < -0.4 is 5.32 Å². The van der Waals surface area contributed by atoms with Gasteiger partial charge in [-0.3, -0.25) is 9.59 Å². The number of hydrogen-bond donors (Lipinski definition) is 2. The molecule has 6 heteroatoms. The van der Waals surface area contributed by atoms with E-state index in [2.05, 4.69) is 34.8 Å². The van der Waals surface area contributed by atoms with Gasteiger partial charge in [-0.25, -0.2) is 0 Å². The van der Waals surface area contributed by atoms with E-state index >= 15 is 0 Å². The minimum Gasteiger partial charge on any atom is -0.481 e. The number of halogens is 1. The molecular formula is C14H20INO3S. The van der Waals surface area contributed by atoms with E-state index in [1.807, 2.05) is 11.4 Å². The molecule has 1 unspecified atom stereocenters. The molecule has 1 aromatic rings. The number of thiophene rings is 1. The van der Waals surface area contributed by atoms with E-state index in [0.717, 1.165) is 22.1 Å². The van der Waals surface area contributed by atoms with Gasteiger partial charge in [0.15, 0.2) is 0 Å². The zero-order valence-corrected chi connectivity index (χ0v) is 14.5. The molecule has 1 heterocycles. The van der Waals surface area contributed by atoms with Gasteiger partial charge in [0.1, 0.15) is 0 Å². The predicted octanol–water partition coefficient (Wildman–Crippen LogP) is 3.75. The molecule has 2 N–H and O–H groups in total. The van der Waals surface area contributed by atoms with Crippen molar-refractivity contribution in [1.82, 2.24) is 5.32 Å². The van der Waals surface area contributed by atoms with Gasteiger partial charge >= 0.3 is 5.97 Å². The highest BCUT2D eigenvalue weighted by Gasteiger charge is 2.12. The number of rotatable bonds is 9. The Bertz CT molecular complexity index is 447. The summed E-state index contributed by atoms with van der Waals surface area (Å²) in [7, 11) is 0. The van der Waals surface area contributed by atoms with Crippen LogP contribution in [-0.2, 0) is 4.79 Å². The first kappa shape index (κ1) is 17.4. The molecule has 0 aliphatic rings. The predicted molar refractivity (Wildman–Crippen MR) is 89.3 cm³/mol. The van der Waals surface area contributed by atoms with Crippen molar-refractivity contribution in [2.75, 3.05) is 6.54 Å². The average Bonchev–Trinajstić information content (AvgIpc) is 2.82. The fraction of sp³-hybridized carbons (Fsp3) is 0.571. The lowest BCUT2D eigenvalue weighted by atomic mass is 9.94. The molecule has 0 bridgehead atoms. The van der Waals surface area contributed by atoms with Gasteiger partial charge in [-0.1, -0.05) is 19.8 Å². The largest absolute Gasteiger partial charge is 0.481 e. The van der Waals surface area contributed by atoms with Gasteiger partial charge in [-0.2, -0.15) is 0 Å². The van der Waals surface area contributed by atoms with Gasteiger partial charge in [0.05, 0.1) is 8.45 Å². The van der Waals surface area contributed by atoms with Crippen LogP contribution in [-0.4, -0.2) is 23.5 Å². The van der Waals surface area contributed by atoms with Crippen molar-refractivity contribution in [1.29, 1.82) is 0 Å². The molecule has 0 aliphatic carbocycles. The number of aliphatic carboxylic acids is 1. The first-order valence-electron chi connectivity index (χ1n) is 6.77. The third kappa shape index (κ3) is 6.69. The lowest BCUT2D eigenvalue weighted by molar-refractivity contribution is -0.137. The summed E-state index contributed by atoms with van der Waals surface area (Å²) >= 11 is 3.75. The van der Waals surface area contributed by atoms with Gasteiger partial charge in [0, 0.05) is 18.3 Å². The minimum absolute atomic E-state index is 0.0438. The highest BCUT2D eigenvalue weighted by molar-refractivity contribution is 14.1. The zero-order valence-electron chi connectivity index (χ0n) is 11.5. The van der Waals surface area contributed by atoms with Gasteiger partial charge in [-0.15, -0.1) is 11.3 Å². The third-order valence-electron chi connectivity index (χ3n) is 3.13. The van der Waals surface area contributed by atoms with Crippen LogP contribution in [0.4, 0.5) is 0 Å². The second-order valence-electron chi connectivity index (χ2n) is 4.77. The van der Waals surface area contributed by atoms with Crippen LogP contribution in [0.5, 0.6) is 0 Å². The molecule has 0 aromatic carbocycles. The van der Waals surface area contributed by atoms with Crippen LogP contribution in [0.2, 0.25) is 0 Å². The van der Waals surface area contributed by atoms with E-state index in [1.54, 1.807) is 11.3 Å². The Morgan fingerprint density at radius 1 is 1.40 bits per heavy atom. The molecule has 1 amide bonds. The molecular weight excluding hydrogens is 389 g/mol. The normalized spacial score (nSPS) is 12.1. The van der Waals surface area contributed by atoms with Crippen molar-refractivity contribution in [3.63, 3.8) is 0 Å². The summed E-state index contributed by atoms with van der Waals surface area (Å²) in [5, 5.41) is 13.5. The second-order valence-corrected chi connectivity index (χ2v) is 7.58. The fourth-order valence-corrected chi connectivity index (χ4v) is 3.42. The Hall–Kier alpha value is -0.630. The molecule has 112 valence electrons. The molecule has 0 aliphatic heterocycles. The number of amides is 1. The lowest BCUT2D eigenvalue weighted by Crippen LogP contribution is -2.25. The summed E-state index contributed by atoms with van der Waals surface area (Å²) in [6.07, 6.45) is 3.80. The summed E-state index contributed by atoms with van der Waals surface area (Å²) in [5.41, 5.74) is 0.706. The second kappa shape index (κ2) is 9.33. The Labute approximate surface area is 137 Å². The third-order valence-corrected chi connectivity index (χ3v) is 4.92. The van der Waals surface area contributed by atoms with Crippen LogP contribution >= 0.6 is 33.9 Å². The van der Waals surface area contributed by atoms with Crippen molar-refractivity contribution in [2.24, 2.45) is 5.92 Å². The van der Waals surface area contributed by atoms with Crippen molar-refractivity contribution in [3.8, 4) is 0 Å². The highest BCUT2D eigenvalue weighted by atomic mass is 127. The molecule has 0 saturated carbocycles. The van der Waals surface area contributed by atoms with Crippen molar-refractivity contribution in [2.45, 2.75) is 39.0 Å². The highest BCUT2D eigenvalue weighted by Crippen LogP contribution is 2.18. The Kier molecular flexibility index (Phi) is 8.13. The Balaban J connectivity index is 2.32. The van der Waals surface area contributed by atoms with Gasteiger partial charge in [0.25, 0.3) is 5.91 Å². The molecule has 20 heavy (non-hydrogen) atoms. The smallest absolute Gasteiger partial charge is 0.303 e. The summed E-state index contributed by atoms with van der Waals surface area (Å²) in [5.74, 6) is -0.417. The lowest BCUT2D eigenvalue weighted by Gasteiger charge is -2.15. The van der Waals surface area contributed by atoms with E-state index < -0.39 is 5.97 Å². The fourth-order valence-electron chi connectivity index (χ4n) is 2.09. The zero-order chi connectivity index (χ0) is 15.0. The van der Waals surface area contributed by atoms with Crippen LogP contribution in [0, 0.1) is 8.80 Å². The summed E-state index contributed by atoms with van der Waals surface area (Å²) < 4.78 is 1.10. The minimum atomic E-state index is -0.747. The maximum atomic E-state index is 11.9. The number of nitrogens with one attached hydrogen (secondary N) is 1. The number of carbonyl (C=O) groups is 2. The maximum absolute atomic E-state index is 11.9. The Morgan fingerprint density at radius 2 is 2.15 bits per heavy atom. The van der Waals surface area contributed by atoms with Crippen LogP contribution in [0.1, 0.15) is 49.4 Å². The Morgan fingerprint density at radius 3 is 2.70 bits per heavy atom. The molecule has 1 rings (SSSR count). The molecule has 4 nitrogen and oxygen atoms in total. The van der Waals surface area contributed by atoms with Crippen LogP contribution in [0.3, 0.4) is 0 Å². The monoisotopic (exact) mass is 409 g/mol. The topological polar surface area (TPSA) is 66.4 Å². The van der Waals surface area contributed by atoms with Crippen molar-refractivity contribution < 1.29 is 14.7 Å². The summed E-state index contributed by atoms with van der Waals surface area (Å²) in [4.78, 5) is 22.5. The van der Waals surface area contributed by atoms with Crippen molar-refractivity contribution >= 4 is 45.8 Å². The molecule has 1 aromatic heterocycles. The molecule has 1 atom stereocenters. The quantitative estimate of drug-likeness (QED) is 0.611. The van der Waals surface area contributed by atoms with Crippen LogP contribution in [0.15, 0.2) is 11.4 Å². The molecule has 0 radical (unpaired) electrons. The number of hydrogen-bond acceptors (Lipinski definition) is 3. The SMILES string of the molecule is CCCC(CCNC(=O)c1csc(I)c1)CCC(=O)O. The van der Waals surface area contributed by atoms with Crippen molar-refractivity contribution in [3.05, 3.63) is 19.9 Å². The average molecular weight is 409 g/mol. The van der Waals surface area contributed by atoms with E-state index in [0.29, 0.717) is 24.4 Å². The molecule has 0 saturated heterocycles. The summed E-state index contributed by atoms with van der Waals surface area (Å²) in [6, 6.07) is 1.87. The summed E-state index contributed by atoms with van der Waals surface area (Å²) in [6.45, 7) is 2.70. The number of carboxylic acid groups (broad SMARTS) is 1. The van der Waals surface area contributed by atoms with Gasteiger partial charge in [-0.05, 0) is 47.4 Å². The van der Waals surface area contributed by atoms with E-state index in [4.69, 9.17) is 5.11 Å². The number of carbonyl (C=O) groups excluding carboxylic acids is 1. The molecule has 0 fully saturated rings. The first-order valence-corrected chi connectivity index (χ1v) is 8.72. The number of carboxylic acids is 1. The van der Waals surface area contributed by atoms with E-state index in [1.165, 1.54) is 0 Å². The maximum Gasteiger partial charge on any atom is 0.303 e. The molecule has 0 spiro atoms. The first-order chi connectivity index (χ1) is 9.52. The van der Waals surface area contributed by atoms with E-state index in [9.17, 15) is 9.59 Å². The standard InChI is InChI=1S/C14H20INO3S/c1-2-3-10(4-5-13(17)18)6-7-16-14(19)11-8-12(15)20-9-11/h8-10H,2-7H2,1H3,(H,16,19)(H,17,18).